The number of carbonyl (C=O) groups is 2. The number of nitrogens with one attached hydrogen (secondary N) is 1. The van der Waals surface area contributed by atoms with Crippen LogP contribution in [-0.4, -0.2) is 31.3 Å². The van der Waals surface area contributed by atoms with Gasteiger partial charge in [-0.2, -0.15) is 0 Å². The van der Waals surface area contributed by atoms with Crippen molar-refractivity contribution in [1.82, 2.24) is 5.32 Å². The molecule has 0 saturated heterocycles. The molecule has 94 valence electrons. The Hall–Kier alpha value is -1.68. The first-order valence-corrected chi connectivity index (χ1v) is 6.32. The number of aryl methyl sites for hydroxylation is 1. The van der Waals surface area contributed by atoms with E-state index in [1.807, 2.05) is 12.1 Å². The maximum absolute atomic E-state index is 12.5. The first kappa shape index (κ1) is 11.4. The van der Waals surface area contributed by atoms with Crippen molar-refractivity contribution in [2.75, 3.05) is 11.9 Å². The number of carbonyl (C=O) groups excluding carboxylic acids is 2. The summed E-state index contributed by atoms with van der Waals surface area (Å²) in [7, 11) is 1.80. The quantitative estimate of drug-likeness (QED) is 0.778. The van der Waals surface area contributed by atoms with Crippen molar-refractivity contribution in [1.29, 1.82) is 0 Å². The third kappa shape index (κ3) is 1.49. The average Bonchev–Trinajstić information content (AvgIpc) is 2.70. The zero-order chi connectivity index (χ0) is 12.7. The lowest BCUT2D eigenvalue weighted by atomic mass is 10.0. The molecule has 0 spiro atoms. The van der Waals surface area contributed by atoms with Crippen LogP contribution in [-0.2, 0) is 22.4 Å². The molecule has 3 rings (SSSR count). The zero-order valence-electron chi connectivity index (χ0n) is 10.3. The van der Waals surface area contributed by atoms with Gasteiger partial charge in [0.05, 0.1) is 17.8 Å². The lowest BCUT2D eigenvalue weighted by Gasteiger charge is -2.24. The van der Waals surface area contributed by atoms with Gasteiger partial charge in [-0.1, -0.05) is 18.2 Å². The normalized spacial score (nSPS) is 25.8. The highest BCUT2D eigenvalue weighted by atomic mass is 16.2. The minimum absolute atomic E-state index is 0.0262. The van der Waals surface area contributed by atoms with E-state index in [1.165, 1.54) is 5.56 Å². The summed E-state index contributed by atoms with van der Waals surface area (Å²) < 4.78 is 0. The second kappa shape index (κ2) is 4.21. The number of amides is 1. The third-order valence-electron chi connectivity index (χ3n) is 3.95. The fraction of sp³-hybridized carbons (Fsp3) is 0.429. The number of nitrogens with zero attached hydrogens (tertiary/aromatic N) is 1. The average molecular weight is 244 g/mol. The van der Waals surface area contributed by atoms with Crippen molar-refractivity contribution >= 4 is 17.9 Å². The van der Waals surface area contributed by atoms with Gasteiger partial charge in [0.2, 0.25) is 5.91 Å². The van der Waals surface area contributed by atoms with Crippen LogP contribution in [0.2, 0.25) is 0 Å². The molecule has 0 radical (unpaired) electrons. The Morgan fingerprint density at radius 3 is 2.89 bits per heavy atom. The molecule has 0 aliphatic carbocycles. The Bertz CT molecular complexity index is 513. The third-order valence-corrected chi connectivity index (χ3v) is 3.95. The van der Waals surface area contributed by atoms with Crippen LogP contribution in [0.15, 0.2) is 18.2 Å². The Morgan fingerprint density at radius 1 is 1.39 bits per heavy atom. The standard InChI is InChI=1S/C14H16N2O2/c1-15-12-6-5-9-3-2-4-10-7-11(8-17)16(13(9)10)14(12)18/h2-4,8,11-12,15H,5-7H2,1H3/t11-,12-/m0/s1. The first-order valence-electron chi connectivity index (χ1n) is 6.32. The van der Waals surface area contributed by atoms with Gasteiger partial charge in [-0.25, -0.2) is 0 Å². The molecule has 1 aromatic rings. The summed E-state index contributed by atoms with van der Waals surface area (Å²) in [5, 5.41) is 3.05. The van der Waals surface area contributed by atoms with E-state index in [0.717, 1.165) is 30.4 Å². The predicted octanol–water partition coefficient (Wildman–Crippen LogP) is 0.677. The molecule has 0 bridgehead atoms. The molecule has 0 saturated carbocycles. The van der Waals surface area contributed by atoms with Gasteiger partial charge in [-0.3, -0.25) is 9.69 Å². The molecule has 0 aromatic heterocycles. The van der Waals surface area contributed by atoms with Gasteiger partial charge in [0, 0.05) is 6.42 Å². The van der Waals surface area contributed by atoms with E-state index in [4.69, 9.17) is 0 Å². The smallest absolute Gasteiger partial charge is 0.244 e. The Morgan fingerprint density at radius 2 is 2.17 bits per heavy atom. The van der Waals surface area contributed by atoms with Crippen molar-refractivity contribution in [3.05, 3.63) is 29.3 Å². The molecule has 2 aliphatic heterocycles. The van der Waals surface area contributed by atoms with Crippen LogP contribution in [0.4, 0.5) is 5.69 Å². The van der Waals surface area contributed by atoms with Crippen LogP contribution in [0, 0.1) is 0 Å². The molecule has 4 nitrogen and oxygen atoms in total. The molecule has 2 atom stereocenters. The SMILES string of the molecule is CN[C@H]1CCc2cccc3c2N(C1=O)[C@H](C=O)C3. The second-order valence-electron chi connectivity index (χ2n) is 4.92. The van der Waals surface area contributed by atoms with Crippen molar-refractivity contribution in [3.63, 3.8) is 0 Å². The van der Waals surface area contributed by atoms with Gasteiger partial charge in [-0.15, -0.1) is 0 Å². The molecular weight excluding hydrogens is 228 g/mol. The summed E-state index contributed by atoms with van der Waals surface area (Å²) in [6, 6.07) is 5.57. The van der Waals surface area contributed by atoms with Crippen LogP contribution < -0.4 is 10.2 Å². The highest BCUT2D eigenvalue weighted by Gasteiger charge is 2.39. The number of hydrogen-bond donors (Lipinski definition) is 1. The zero-order valence-corrected chi connectivity index (χ0v) is 10.3. The Labute approximate surface area is 106 Å². The minimum atomic E-state index is -0.331. The largest absolute Gasteiger partial charge is 0.309 e. The van der Waals surface area contributed by atoms with Crippen LogP contribution in [0.1, 0.15) is 17.5 Å². The van der Waals surface area contributed by atoms with Crippen molar-refractivity contribution < 1.29 is 9.59 Å². The van der Waals surface area contributed by atoms with E-state index >= 15 is 0 Å². The monoisotopic (exact) mass is 244 g/mol. The van der Waals surface area contributed by atoms with Crippen molar-refractivity contribution in [2.45, 2.75) is 31.3 Å². The van der Waals surface area contributed by atoms with E-state index in [-0.39, 0.29) is 18.0 Å². The number of anilines is 1. The maximum atomic E-state index is 12.5. The molecule has 1 aromatic carbocycles. The van der Waals surface area contributed by atoms with E-state index in [1.54, 1.807) is 11.9 Å². The number of aldehydes is 1. The predicted molar refractivity (Wildman–Crippen MR) is 68.7 cm³/mol. The van der Waals surface area contributed by atoms with E-state index < -0.39 is 0 Å². The second-order valence-corrected chi connectivity index (χ2v) is 4.92. The van der Waals surface area contributed by atoms with Crippen molar-refractivity contribution in [2.24, 2.45) is 0 Å². The molecule has 1 N–H and O–H groups in total. The van der Waals surface area contributed by atoms with E-state index in [2.05, 4.69) is 11.4 Å². The molecule has 4 heteroatoms. The first-order chi connectivity index (χ1) is 8.76. The van der Waals surface area contributed by atoms with Crippen molar-refractivity contribution in [3.8, 4) is 0 Å². The number of likely N-dealkylation sites (N-methyl/N-ethyl adjacent to an activating group) is 1. The lowest BCUT2D eigenvalue weighted by molar-refractivity contribution is -0.122. The van der Waals surface area contributed by atoms with Gasteiger partial charge in [-0.05, 0) is 31.0 Å². The Balaban J connectivity index is 2.14. The summed E-state index contributed by atoms with van der Waals surface area (Å²) in [6.45, 7) is 0. The van der Waals surface area contributed by atoms with Gasteiger partial charge in [0.1, 0.15) is 6.29 Å². The summed E-state index contributed by atoms with van der Waals surface area (Å²) in [5.41, 5.74) is 3.29. The van der Waals surface area contributed by atoms with Crippen LogP contribution in [0.5, 0.6) is 0 Å². The molecule has 2 aliphatic rings. The molecule has 0 fully saturated rings. The van der Waals surface area contributed by atoms with Gasteiger partial charge in [0.15, 0.2) is 0 Å². The highest BCUT2D eigenvalue weighted by Crippen LogP contribution is 2.38. The lowest BCUT2D eigenvalue weighted by Crippen LogP contribution is -2.48. The number of benzene rings is 1. The molecular formula is C14H16N2O2. The summed E-state index contributed by atoms with van der Waals surface area (Å²) in [5.74, 6) is 0.0262. The fourth-order valence-electron chi connectivity index (χ4n) is 3.04. The van der Waals surface area contributed by atoms with Gasteiger partial charge in [0.25, 0.3) is 0 Å². The van der Waals surface area contributed by atoms with Crippen LogP contribution >= 0.6 is 0 Å². The molecule has 0 unspecified atom stereocenters. The topological polar surface area (TPSA) is 49.4 Å². The van der Waals surface area contributed by atoms with Crippen LogP contribution in [0.25, 0.3) is 0 Å². The number of rotatable bonds is 2. The summed E-state index contributed by atoms with van der Waals surface area (Å²) in [4.78, 5) is 25.4. The minimum Gasteiger partial charge on any atom is -0.309 e. The van der Waals surface area contributed by atoms with Crippen LogP contribution in [0.3, 0.4) is 0 Å². The molecule has 18 heavy (non-hydrogen) atoms. The maximum Gasteiger partial charge on any atom is 0.244 e. The number of hydrogen-bond acceptors (Lipinski definition) is 3. The van der Waals surface area contributed by atoms with E-state index in [0.29, 0.717) is 6.42 Å². The summed E-state index contributed by atoms with van der Waals surface area (Å²) >= 11 is 0. The van der Waals surface area contributed by atoms with E-state index in [9.17, 15) is 9.59 Å². The van der Waals surface area contributed by atoms with Gasteiger partial charge < -0.3 is 10.1 Å². The number of para-hydroxylation sites is 1. The van der Waals surface area contributed by atoms with Gasteiger partial charge >= 0.3 is 0 Å². The highest BCUT2D eigenvalue weighted by molar-refractivity contribution is 6.04. The molecule has 1 amide bonds. The molecule has 2 heterocycles. The Kier molecular flexibility index (Phi) is 2.67. The fourth-order valence-corrected chi connectivity index (χ4v) is 3.04. The summed E-state index contributed by atoms with van der Waals surface area (Å²) in [6.07, 6.45) is 3.20.